The minimum atomic E-state index is -2.87. The highest BCUT2D eigenvalue weighted by molar-refractivity contribution is 8.26. The molecule has 1 unspecified atom stereocenters. The summed E-state index contributed by atoms with van der Waals surface area (Å²) in [4.78, 5) is 2.36. The third-order valence-corrected chi connectivity index (χ3v) is 19.9. The summed E-state index contributed by atoms with van der Waals surface area (Å²) in [5.41, 5.74) is 3.15. The topological polar surface area (TPSA) is 12.5 Å². The van der Waals surface area contributed by atoms with Crippen LogP contribution in [0, 0.1) is 0 Å². The fraction of sp³-hybridized carbons (Fsp3) is 0. The lowest BCUT2D eigenvalue weighted by atomic mass is 10.1. The Bertz CT molecular complexity index is 2240. The summed E-state index contributed by atoms with van der Waals surface area (Å²) < 4.78 is 6.41. The van der Waals surface area contributed by atoms with E-state index in [0.717, 1.165) is 28.6 Å². The predicted molar refractivity (Wildman–Crippen MR) is 204 cm³/mol. The van der Waals surface area contributed by atoms with Gasteiger partial charge in [0, 0.05) is 11.7 Å². The zero-order valence-electron chi connectivity index (χ0n) is 25.5. The second kappa shape index (κ2) is 11.1. The van der Waals surface area contributed by atoms with Crippen LogP contribution in [0.2, 0.25) is 0 Å². The van der Waals surface area contributed by atoms with Gasteiger partial charge in [-0.1, -0.05) is 157 Å². The molecule has 7 aromatic carbocycles. The van der Waals surface area contributed by atoms with E-state index < -0.39 is 14.1 Å². The number of ether oxygens (including phenoxy) is 1. The third kappa shape index (κ3) is 4.12. The molecule has 0 N–H and O–H groups in total. The molecule has 0 bridgehead atoms. The number of hydrogen-bond acceptors (Lipinski definition) is 3. The number of benzene rings is 7. The standard InChI is InChI=1S/C42H30NOPSSi/c46-45(32-16-4-1-5-17-32)39-26-14-15-27-41(39)47(33-18-6-2-7-19-33,34-20-8-3-9-21-34)42-30-31(28-29-40(42)45)43-35-22-10-12-24-37(35)44-38-25-13-11-23-36(38)43/h1-30H. The second-order valence-electron chi connectivity index (χ2n) is 12.0. The van der Waals surface area contributed by atoms with Crippen LogP contribution in [-0.2, 0) is 11.8 Å². The number of fused-ring (bicyclic) bond motifs is 4. The highest BCUT2D eigenvalue weighted by Gasteiger charge is 2.51. The fourth-order valence-corrected chi connectivity index (χ4v) is 19.2. The Balaban J connectivity index is 1.43. The average molecular weight is 656 g/mol. The molecule has 2 aliphatic rings. The van der Waals surface area contributed by atoms with Gasteiger partial charge in [0.2, 0.25) is 0 Å². The van der Waals surface area contributed by atoms with E-state index >= 15 is 0 Å². The molecule has 1 atom stereocenters. The van der Waals surface area contributed by atoms with E-state index in [0.29, 0.717) is 0 Å². The highest BCUT2D eigenvalue weighted by atomic mass is 32.4. The molecule has 0 amide bonds. The minimum Gasteiger partial charge on any atom is -0.453 e. The molecule has 0 aromatic heterocycles. The Kier molecular flexibility index (Phi) is 6.65. The Morgan fingerprint density at radius 2 is 0.957 bits per heavy atom. The number of anilines is 3. The van der Waals surface area contributed by atoms with Crippen LogP contribution in [0.25, 0.3) is 0 Å². The van der Waals surface area contributed by atoms with Crippen molar-refractivity contribution < 1.29 is 4.74 Å². The zero-order chi connectivity index (χ0) is 31.4. The molecule has 7 aromatic rings. The Labute approximate surface area is 281 Å². The van der Waals surface area contributed by atoms with E-state index in [1.165, 1.54) is 36.7 Å². The van der Waals surface area contributed by atoms with Crippen LogP contribution < -0.4 is 46.3 Å². The van der Waals surface area contributed by atoms with Crippen molar-refractivity contribution in [3.63, 3.8) is 0 Å². The van der Waals surface area contributed by atoms with Crippen LogP contribution >= 0.6 is 6.04 Å². The fourth-order valence-electron chi connectivity index (χ4n) is 7.64. The summed E-state index contributed by atoms with van der Waals surface area (Å²) >= 11 is 7.06. The maximum Gasteiger partial charge on any atom is 0.181 e. The predicted octanol–water partition coefficient (Wildman–Crippen LogP) is 6.71. The number of hydrogen-bond donors (Lipinski definition) is 0. The Morgan fingerprint density at radius 3 is 1.57 bits per heavy atom. The summed E-state index contributed by atoms with van der Waals surface area (Å²) in [5, 5.41) is 9.28. The normalized spacial score (nSPS) is 17.0. The van der Waals surface area contributed by atoms with E-state index in [-0.39, 0.29) is 0 Å². The number of para-hydroxylation sites is 4. The number of nitrogens with zero attached hydrogens (tertiary/aromatic N) is 1. The van der Waals surface area contributed by atoms with E-state index in [9.17, 15) is 0 Å². The first-order chi connectivity index (χ1) is 23.2. The van der Waals surface area contributed by atoms with Crippen LogP contribution in [0.5, 0.6) is 11.5 Å². The molecule has 9 rings (SSSR count). The molecule has 0 saturated heterocycles. The molecular formula is C42H30NOPSSi. The summed E-state index contributed by atoms with van der Waals surface area (Å²) in [5.74, 6) is 1.69. The molecule has 2 nitrogen and oxygen atoms in total. The van der Waals surface area contributed by atoms with Crippen LogP contribution in [-0.4, -0.2) is 8.07 Å². The molecular weight excluding hydrogens is 626 g/mol. The molecule has 0 fully saturated rings. The monoisotopic (exact) mass is 655 g/mol. The van der Waals surface area contributed by atoms with Crippen molar-refractivity contribution in [2.75, 3.05) is 4.90 Å². The SMILES string of the molecule is S=P1(c2ccccc2)c2ccccc2[Si](c2ccccc2)(c2ccccc2)c2cc(N3c4ccccc4Oc4ccccc43)ccc21. The van der Waals surface area contributed by atoms with Crippen molar-refractivity contribution in [3.05, 3.63) is 182 Å². The molecule has 2 heterocycles. The first-order valence-corrected chi connectivity index (χ1v) is 20.7. The molecule has 0 radical (unpaired) electrons. The van der Waals surface area contributed by atoms with Gasteiger partial charge in [0.1, 0.15) is 0 Å². The van der Waals surface area contributed by atoms with Gasteiger partial charge in [-0.05, 0) is 73.1 Å². The molecule has 224 valence electrons. The summed E-state index contributed by atoms with van der Waals surface area (Å²) in [7, 11) is -2.87. The van der Waals surface area contributed by atoms with Crippen molar-refractivity contribution in [2.24, 2.45) is 0 Å². The third-order valence-electron chi connectivity index (χ3n) is 9.59. The first-order valence-electron chi connectivity index (χ1n) is 15.9. The largest absolute Gasteiger partial charge is 0.453 e. The van der Waals surface area contributed by atoms with Crippen molar-refractivity contribution >= 4 is 79.6 Å². The highest BCUT2D eigenvalue weighted by Crippen LogP contribution is 2.51. The summed E-state index contributed by atoms with van der Waals surface area (Å²) in [6, 6.07) is 63.6. The lowest BCUT2D eigenvalue weighted by Gasteiger charge is -2.45. The van der Waals surface area contributed by atoms with E-state index in [1.807, 2.05) is 12.1 Å². The van der Waals surface area contributed by atoms with E-state index in [1.54, 1.807) is 0 Å². The quantitative estimate of drug-likeness (QED) is 0.155. The van der Waals surface area contributed by atoms with Gasteiger partial charge in [0.15, 0.2) is 19.6 Å². The zero-order valence-corrected chi connectivity index (χ0v) is 28.2. The van der Waals surface area contributed by atoms with Crippen molar-refractivity contribution in [1.82, 2.24) is 0 Å². The number of rotatable bonds is 4. The van der Waals surface area contributed by atoms with Crippen LogP contribution in [0.4, 0.5) is 17.1 Å². The molecule has 0 spiro atoms. The van der Waals surface area contributed by atoms with Crippen LogP contribution in [0.1, 0.15) is 0 Å². The molecule has 0 aliphatic carbocycles. The van der Waals surface area contributed by atoms with Crippen LogP contribution in [0.15, 0.2) is 182 Å². The maximum absolute atomic E-state index is 7.06. The molecule has 5 heteroatoms. The van der Waals surface area contributed by atoms with Crippen LogP contribution in [0.3, 0.4) is 0 Å². The smallest absolute Gasteiger partial charge is 0.181 e. The van der Waals surface area contributed by atoms with E-state index in [4.69, 9.17) is 16.5 Å². The van der Waals surface area contributed by atoms with Gasteiger partial charge in [-0.25, -0.2) is 0 Å². The van der Waals surface area contributed by atoms with Crippen molar-refractivity contribution in [3.8, 4) is 11.5 Å². The summed E-state index contributed by atoms with van der Waals surface area (Å²) in [6.07, 6.45) is 0. The van der Waals surface area contributed by atoms with Gasteiger partial charge >= 0.3 is 0 Å². The maximum atomic E-state index is 7.06. The van der Waals surface area contributed by atoms with Gasteiger partial charge in [0.05, 0.1) is 11.4 Å². The average Bonchev–Trinajstić information content (AvgIpc) is 3.15. The molecule has 47 heavy (non-hydrogen) atoms. The van der Waals surface area contributed by atoms with Gasteiger partial charge in [-0.15, -0.1) is 0 Å². The molecule has 0 saturated carbocycles. The minimum absolute atomic E-state index is 0.846. The van der Waals surface area contributed by atoms with Gasteiger partial charge in [0.25, 0.3) is 0 Å². The second-order valence-corrected chi connectivity index (χ2v) is 20.1. The van der Waals surface area contributed by atoms with Crippen molar-refractivity contribution in [1.29, 1.82) is 0 Å². The van der Waals surface area contributed by atoms with Gasteiger partial charge in [-0.2, -0.15) is 0 Å². The Morgan fingerprint density at radius 1 is 0.468 bits per heavy atom. The summed E-state index contributed by atoms with van der Waals surface area (Å²) in [6.45, 7) is 0. The lowest BCUT2D eigenvalue weighted by molar-refractivity contribution is 0.477. The lowest BCUT2D eigenvalue weighted by Crippen LogP contribution is -2.81. The molecule has 2 aliphatic heterocycles. The van der Waals surface area contributed by atoms with Crippen molar-refractivity contribution in [2.45, 2.75) is 0 Å². The van der Waals surface area contributed by atoms with Gasteiger partial charge in [-0.3, -0.25) is 0 Å². The van der Waals surface area contributed by atoms with E-state index in [2.05, 4.69) is 175 Å². The van der Waals surface area contributed by atoms with Gasteiger partial charge < -0.3 is 9.64 Å². The Hall–Kier alpha value is -4.99. The first kappa shape index (κ1) is 28.2.